The number of hydrogen-bond donors (Lipinski definition) is 0. The van der Waals surface area contributed by atoms with Crippen molar-refractivity contribution in [3.05, 3.63) is 17.5 Å². The van der Waals surface area contributed by atoms with E-state index in [1.807, 2.05) is 0 Å². The highest BCUT2D eigenvalue weighted by Gasteiger charge is 2.35. The van der Waals surface area contributed by atoms with Gasteiger partial charge in [0.05, 0.1) is 6.04 Å². The lowest BCUT2D eigenvalue weighted by Crippen LogP contribution is -2.47. The Balaban J connectivity index is 2.22. The van der Waals surface area contributed by atoms with Crippen molar-refractivity contribution in [1.82, 2.24) is 9.46 Å². The van der Waals surface area contributed by atoms with E-state index < -0.39 is 16.1 Å². The van der Waals surface area contributed by atoms with Gasteiger partial charge in [0, 0.05) is 12.1 Å². The van der Waals surface area contributed by atoms with Crippen LogP contribution in [0.2, 0.25) is 0 Å². The van der Waals surface area contributed by atoms with E-state index in [1.54, 1.807) is 6.92 Å². The maximum Gasteiger partial charge on any atom is 0.220 e. The fourth-order valence-electron chi connectivity index (χ4n) is 2.35. The van der Waals surface area contributed by atoms with Crippen LogP contribution in [0.3, 0.4) is 0 Å². The Bertz CT molecular complexity index is 564. The van der Waals surface area contributed by atoms with Gasteiger partial charge in [-0.3, -0.25) is 4.79 Å². The molecule has 2 rings (SSSR count). The predicted octanol–water partition coefficient (Wildman–Crippen LogP) is 1.26. The molecule has 0 saturated carbocycles. The first-order chi connectivity index (χ1) is 8.92. The predicted molar refractivity (Wildman–Crippen MR) is 68.9 cm³/mol. The zero-order valence-corrected chi connectivity index (χ0v) is 11.9. The van der Waals surface area contributed by atoms with Gasteiger partial charge in [-0.1, -0.05) is 11.6 Å². The molecule has 1 aromatic heterocycles. The van der Waals surface area contributed by atoms with E-state index in [0.717, 1.165) is 12.8 Å². The third-order valence-electron chi connectivity index (χ3n) is 3.45. The Hall–Kier alpha value is -1.21. The molecule has 19 heavy (non-hydrogen) atoms. The van der Waals surface area contributed by atoms with Crippen LogP contribution in [-0.4, -0.2) is 36.2 Å². The van der Waals surface area contributed by atoms with Gasteiger partial charge in [-0.15, -0.1) is 0 Å². The molecule has 0 aliphatic carbocycles. The minimum Gasteiger partial charge on any atom is -0.364 e. The maximum atomic E-state index is 12.4. The van der Waals surface area contributed by atoms with Crippen LogP contribution in [0, 0.1) is 6.92 Å². The van der Waals surface area contributed by atoms with E-state index in [2.05, 4.69) is 5.16 Å². The second-order valence-corrected chi connectivity index (χ2v) is 6.85. The molecule has 0 unspecified atom stereocenters. The molecule has 1 saturated heterocycles. The Morgan fingerprint density at radius 2 is 2.26 bits per heavy atom. The molecule has 1 fully saturated rings. The second kappa shape index (κ2) is 5.42. The summed E-state index contributed by atoms with van der Waals surface area (Å²) in [4.78, 5) is 11.6. The molecule has 0 bridgehead atoms. The highest BCUT2D eigenvalue weighted by atomic mass is 32.2. The fraction of sp³-hybridized carbons (Fsp3) is 0.667. The number of sulfonamides is 1. The number of ketones is 1. The lowest BCUT2D eigenvalue weighted by atomic mass is 10.0. The molecule has 7 heteroatoms. The van der Waals surface area contributed by atoms with E-state index in [1.165, 1.54) is 17.5 Å². The number of aromatic nitrogens is 1. The number of carbonyl (C=O) groups excluding carboxylic acids is 1. The third kappa shape index (κ3) is 3.03. The van der Waals surface area contributed by atoms with Crippen molar-refractivity contribution < 1.29 is 17.7 Å². The Morgan fingerprint density at radius 3 is 2.84 bits per heavy atom. The SMILES string of the molecule is CC(=O)[C@@H]1CCCCN1S(=O)(=O)Cc1nocc1C. The molecule has 0 spiro atoms. The van der Waals surface area contributed by atoms with Gasteiger partial charge in [0.2, 0.25) is 10.0 Å². The zero-order valence-electron chi connectivity index (χ0n) is 11.1. The van der Waals surface area contributed by atoms with Gasteiger partial charge in [-0.2, -0.15) is 4.31 Å². The summed E-state index contributed by atoms with van der Waals surface area (Å²) in [5.41, 5.74) is 1.12. The van der Waals surface area contributed by atoms with Crippen LogP contribution in [0.15, 0.2) is 10.8 Å². The molecule has 1 atom stereocenters. The Kier molecular flexibility index (Phi) is 4.05. The fourth-order valence-corrected chi connectivity index (χ4v) is 4.19. The lowest BCUT2D eigenvalue weighted by Gasteiger charge is -2.32. The monoisotopic (exact) mass is 286 g/mol. The molecule has 0 amide bonds. The first-order valence-corrected chi connectivity index (χ1v) is 7.92. The number of rotatable bonds is 4. The van der Waals surface area contributed by atoms with Gasteiger partial charge in [0.25, 0.3) is 0 Å². The van der Waals surface area contributed by atoms with Crippen molar-refractivity contribution in [3.8, 4) is 0 Å². The van der Waals surface area contributed by atoms with Gasteiger partial charge in [0.15, 0.2) is 0 Å². The first-order valence-electron chi connectivity index (χ1n) is 6.31. The molecule has 0 radical (unpaired) electrons. The van der Waals surface area contributed by atoms with Crippen molar-refractivity contribution in [2.75, 3.05) is 6.54 Å². The minimum absolute atomic E-state index is 0.0971. The molecule has 0 N–H and O–H groups in total. The summed E-state index contributed by atoms with van der Waals surface area (Å²) in [6.07, 6.45) is 3.70. The summed E-state index contributed by atoms with van der Waals surface area (Å²) in [5, 5.41) is 3.70. The lowest BCUT2D eigenvalue weighted by molar-refractivity contribution is -0.121. The quantitative estimate of drug-likeness (QED) is 0.832. The van der Waals surface area contributed by atoms with Crippen LogP contribution in [0.25, 0.3) is 0 Å². The summed E-state index contributed by atoms with van der Waals surface area (Å²) in [6.45, 7) is 3.60. The van der Waals surface area contributed by atoms with Gasteiger partial charge >= 0.3 is 0 Å². The molecule has 1 aliphatic rings. The van der Waals surface area contributed by atoms with Gasteiger partial charge in [-0.25, -0.2) is 8.42 Å². The van der Waals surface area contributed by atoms with Gasteiger partial charge in [0.1, 0.15) is 23.5 Å². The molecule has 106 valence electrons. The number of Topliss-reactive ketones (excluding diaryl/α,β-unsaturated/α-hetero) is 1. The van der Waals surface area contributed by atoms with Gasteiger partial charge in [-0.05, 0) is 26.7 Å². The second-order valence-electron chi connectivity index (χ2n) is 4.93. The minimum atomic E-state index is -3.53. The van der Waals surface area contributed by atoms with Crippen LogP contribution in [0.1, 0.15) is 37.4 Å². The van der Waals surface area contributed by atoms with Crippen LogP contribution in [0.5, 0.6) is 0 Å². The molecular formula is C12H18N2O4S. The molecule has 0 aromatic carbocycles. The van der Waals surface area contributed by atoms with E-state index >= 15 is 0 Å². The highest BCUT2D eigenvalue weighted by Crippen LogP contribution is 2.23. The topological polar surface area (TPSA) is 80.5 Å². The van der Waals surface area contributed by atoms with Crippen LogP contribution in [-0.2, 0) is 20.6 Å². The number of carbonyl (C=O) groups is 1. The van der Waals surface area contributed by atoms with E-state index in [4.69, 9.17) is 4.52 Å². The smallest absolute Gasteiger partial charge is 0.220 e. The van der Waals surface area contributed by atoms with E-state index in [9.17, 15) is 13.2 Å². The van der Waals surface area contributed by atoms with Crippen molar-refractivity contribution in [1.29, 1.82) is 0 Å². The van der Waals surface area contributed by atoms with E-state index in [0.29, 0.717) is 24.2 Å². The zero-order chi connectivity index (χ0) is 14.0. The van der Waals surface area contributed by atoms with Crippen molar-refractivity contribution in [2.24, 2.45) is 0 Å². The van der Waals surface area contributed by atoms with E-state index in [-0.39, 0.29) is 11.5 Å². The summed E-state index contributed by atoms with van der Waals surface area (Å²) in [6, 6.07) is -0.522. The number of piperidine rings is 1. The first kappa shape index (κ1) is 14.2. The normalized spacial score (nSPS) is 21.5. The average molecular weight is 286 g/mol. The van der Waals surface area contributed by atoms with Crippen molar-refractivity contribution in [2.45, 2.75) is 44.9 Å². The number of nitrogens with zero attached hydrogens (tertiary/aromatic N) is 2. The number of aryl methyl sites for hydroxylation is 1. The maximum absolute atomic E-state index is 12.4. The summed E-state index contributed by atoms with van der Waals surface area (Å²) in [5.74, 6) is -0.306. The van der Waals surface area contributed by atoms with Crippen molar-refractivity contribution >= 4 is 15.8 Å². The molecular weight excluding hydrogens is 268 g/mol. The molecule has 6 nitrogen and oxygen atoms in total. The van der Waals surface area contributed by atoms with Gasteiger partial charge < -0.3 is 4.52 Å². The molecule has 1 aliphatic heterocycles. The van der Waals surface area contributed by atoms with Crippen LogP contribution in [0.4, 0.5) is 0 Å². The largest absolute Gasteiger partial charge is 0.364 e. The third-order valence-corrected chi connectivity index (χ3v) is 5.24. The van der Waals surface area contributed by atoms with Crippen LogP contribution < -0.4 is 0 Å². The standard InChI is InChI=1S/C12H18N2O4S/c1-9-7-18-13-11(9)8-19(16,17)14-6-4-3-5-12(14)10(2)15/h7,12H,3-6,8H2,1-2H3/t12-/m0/s1. The Morgan fingerprint density at radius 1 is 1.53 bits per heavy atom. The molecule has 1 aromatic rings. The number of hydrogen-bond acceptors (Lipinski definition) is 5. The average Bonchev–Trinajstić information content (AvgIpc) is 2.74. The van der Waals surface area contributed by atoms with Crippen molar-refractivity contribution in [3.63, 3.8) is 0 Å². The highest BCUT2D eigenvalue weighted by molar-refractivity contribution is 7.88. The molecule has 2 heterocycles. The summed E-state index contributed by atoms with van der Waals surface area (Å²) >= 11 is 0. The van der Waals surface area contributed by atoms with Crippen LogP contribution >= 0.6 is 0 Å². The summed E-state index contributed by atoms with van der Waals surface area (Å²) in [7, 11) is -3.53. The Labute approximate surface area is 112 Å². The summed E-state index contributed by atoms with van der Waals surface area (Å²) < 4.78 is 30.9.